The first-order chi connectivity index (χ1) is 21.4. The zero-order chi connectivity index (χ0) is 32.0. The molecule has 0 aliphatic carbocycles. The Balaban J connectivity index is 1.67. The number of rotatable bonds is 26. The minimum Gasteiger partial charge on any atom is -0.508 e. The molecular weight excluding hydrogens is 556 g/mol. The van der Waals surface area contributed by atoms with Gasteiger partial charge in [0.1, 0.15) is 11.5 Å². The summed E-state index contributed by atoms with van der Waals surface area (Å²) < 4.78 is 0. The highest BCUT2D eigenvalue weighted by atomic mass is 16.3. The van der Waals surface area contributed by atoms with Crippen LogP contribution in [0.5, 0.6) is 11.5 Å². The van der Waals surface area contributed by atoms with Gasteiger partial charge in [0.05, 0.1) is 25.4 Å². The molecule has 0 amide bonds. The molecule has 3 unspecified atom stereocenters. The van der Waals surface area contributed by atoms with Gasteiger partial charge in [-0.3, -0.25) is 0 Å². The molecule has 0 aliphatic heterocycles. The van der Waals surface area contributed by atoms with Gasteiger partial charge >= 0.3 is 0 Å². The maximum atomic E-state index is 10.8. The van der Waals surface area contributed by atoms with Crippen molar-refractivity contribution in [3.63, 3.8) is 0 Å². The third-order valence-electron chi connectivity index (χ3n) is 8.57. The quantitative estimate of drug-likeness (QED) is 0.0578. The second-order valence-corrected chi connectivity index (χ2v) is 12.3. The molecule has 0 bridgehead atoms. The fourth-order valence-electron chi connectivity index (χ4n) is 5.68. The van der Waals surface area contributed by atoms with E-state index in [9.17, 15) is 30.6 Å². The van der Waals surface area contributed by atoms with Crippen LogP contribution >= 0.6 is 0 Å². The molecule has 0 saturated heterocycles. The molecule has 44 heavy (non-hydrogen) atoms. The summed E-state index contributed by atoms with van der Waals surface area (Å²) >= 11 is 0. The zero-order valence-corrected chi connectivity index (χ0v) is 27.0. The Kier molecular flexibility index (Phi) is 20.0. The minimum atomic E-state index is -0.696. The van der Waals surface area contributed by atoms with Crippen molar-refractivity contribution in [2.45, 2.75) is 135 Å². The van der Waals surface area contributed by atoms with Crippen LogP contribution in [0.2, 0.25) is 0 Å². The predicted molar refractivity (Wildman–Crippen MR) is 178 cm³/mol. The van der Waals surface area contributed by atoms with E-state index in [0.717, 1.165) is 51.5 Å². The Morgan fingerprint density at radius 1 is 0.591 bits per heavy atom. The van der Waals surface area contributed by atoms with E-state index in [2.05, 4.69) is 17.6 Å². The van der Waals surface area contributed by atoms with E-state index in [4.69, 9.17) is 0 Å². The number of aromatic hydroxyl groups is 2. The van der Waals surface area contributed by atoms with Gasteiger partial charge in [0.15, 0.2) is 0 Å². The summed E-state index contributed by atoms with van der Waals surface area (Å²) in [5, 5.41) is 66.4. The third-order valence-corrected chi connectivity index (χ3v) is 8.57. The number of hydrogen-bond acceptors (Lipinski definition) is 8. The lowest BCUT2D eigenvalue weighted by Gasteiger charge is -2.22. The summed E-state index contributed by atoms with van der Waals surface area (Å²) in [4.78, 5) is 0. The van der Waals surface area contributed by atoms with Crippen LogP contribution < -0.4 is 10.6 Å². The van der Waals surface area contributed by atoms with Crippen molar-refractivity contribution < 1.29 is 30.6 Å². The highest BCUT2D eigenvalue weighted by Gasteiger charge is 2.14. The molecule has 0 fully saturated rings. The van der Waals surface area contributed by atoms with Gasteiger partial charge < -0.3 is 41.3 Å². The van der Waals surface area contributed by atoms with Crippen LogP contribution in [0, 0.1) is 0 Å². The lowest BCUT2D eigenvalue weighted by Crippen LogP contribution is -2.33. The number of nitrogens with one attached hydrogen (secondary N) is 2. The molecule has 2 aromatic carbocycles. The summed E-state index contributed by atoms with van der Waals surface area (Å²) in [5.41, 5.74) is 2.23. The molecule has 0 spiro atoms. The highest BCUT2D eigenvalue weighted by molar-refractivity contribution is 5.37. The van der Waals surface area contributed by atoms with Crippen LogP contribution in [-0.2, 0) is 13.2 Å². The van der Waals surface area contributed by atoms with Gasteiger partial charge in [0.2, 0.25) is 0 Å². The summed E-state index contributed by atoms with van der Waals surface area (Å²) in [5.74, 6) is 0.0828. The Morgan fingerprint density at radius 3 is 1.55 bits per heavy atom. The summed E-state index contributed by atoms with van der Waals surface area (Å²) in [6.07, 6.45) is 16.8. The van der Waals surface area contributed by atoms with Gasteiger partial charge in [-0.25, -0.2) is 0 Å². The van der Waals surface area contributed by atoms with Crippen LogP contribution in [0.15, 0.2) is 36.4 Å². The number of aliphatic hydroxyl groups is 4. The normalized spacial score (nSPS) is 13.7. The lowest BCUT2D eigenvalue weighted by molar-refractivity contribution is 0.167. The van der Waals surface area contributed by atoms with Crippen LogP contribution in [-0.4, -0.2) is 56.3 Å². The second kappa shape index (κ2) is 23.2. The van der Waals surface area contributed by atoms with Crippen molar-refractivity contribution in [1.29, 1.82) is 0 Å². The molecule has 8 heteroatoms. The fourth-order valence-corrected chi connectivity index (χ4v) is 5.68. The van der Waals surface area contributed by atoms with Crippen molar-refractivity contribution in [3.05, 3.63) is 58.7 Å². The lowest BCUT2D eigenvalue weighted by atomic mass is 9.99. The van der Waals surface area contributed by atoms with Gasteiger partial charge in [-0.15, -0.1) is 0 Å². The van der Waals surface area contributed by atoms with Crippen molar-refractivity contribution in [1.82, 2.24) is 10.6 Å². The molecule has 0 heterocycles. The van der Waals surface area contributed by atoms with Gasteiger partial charge in [0, 0.05) is 30.3 Å². The predicted octanol–water partition coefficient (Wildman–Crippen LogP) is 6.27. The van der Waals surface area contributed by atoms with Crippen LogP contribution in [0.1, 0.15) is 138 Å². The Morgan fingerprint density at radius 2 is 1.05 bits per heavy atom. The fraction of sp³-hybridized carbons (Fsp3) is 0.667. The van der Waals surface area contributed by atoms with Gasteiger partial charge in [-0.2, -0.15) is 0 Å². The molecule has 0 saturated carbocycles. The van der Waals surface area contributed by atoms with Crippen molar-refractivity contribution in [2.75, 3.05) is 19.6 Å². The van der Waals surface area contributed by atoms with Crippen molar-refractivity contribution >= 4 is 0 Å². The zero-order valence-electron chi connectivity index (χ0n) is 27.0. The van der Waals surface area contributed by atoms with Crippen LogP contribution in [0.3, 0.4) is 0 Å². The third kappa shape index (κ3) is 15.2. The molecule has 8 nitrogen and oxygen atoms in total. The molecular formula is C36H60N2O6. The maximum Gasteiger partial charge on any atom is 0.121 e. The standard InChI is InChI=1S/C36H60N2O6/c1-2-3-4-5-6-7-9-12-15-32(38-25-36(44)29-18-20-34(42)31(23-29)27-40)16-13-10-8-11-14-21-37-24-35(43)28-17-19-33(41)30(22-28)26-39/h17-20,22-23,32,35-44H,2-16,21,24-27H2,1H3. The molecule has 2 aromatic rings. The van der Waals surface area contributed by atoms with Crippen molar-refractivity contribution in [2.24, 2.45) is 0 Å². The molecule has 250 valence electrons. The van der Waals surface area contributed by atoms with Gasteiger partial charge in [-0.05, 0) is 61.2 Å². The van der Waals surface area contributed by atoms with E-state index in [-0.39, 0.29) is 24.7 Å². The maximum absolute atomic E-state index is 10.8. The molecule has 0 radical (unpaired) electrons. The Labute approximate surface area is 265 Å². The Hall–Kier alpha value is -2.20. The number of benzene rings is 2. The first-order valence-corrected chi connectivity index (χ1v) is 17.0. The smallest absolute Gasteiger partial charge is 0.121 e. The Bertz CT molecular complexity index is 1020. The van der Waals surface area contributed by atoms with E-state index in [1.165, 1.54) is 63.5 Å². The van der Waals surface area contributed by atoms with Gasteiger partial charge in [-0.1, -0.05) is 96.1 Å². The summed E-state index contributed by atoms with van der Waals surface area (Å²) in [6, 6.07) is 10.1. The van der Waals surface area contributed by atoms with Crippen LogP contribution in [0.4, 0.5) is 0 Å². The molecule has 3 atom stereocenters. The monoisotopic (exact) mass is 616 g/mol. The van der Waals surface area contributed by atoms with Gasteiger partial charge in [0.25, 0.3) is 0 Å². The average molecular weight is 617 g/mol. The minimum absolute atomic E-state index is 0.0377. The molecule has 8 N–H and O–H groups in total. The second-order valence-electron chi connectivity index (χ2n) is 12.3. The highest BCUT2D eigenvalue weighted by Crippen LogP contribution is 2.24. The van der Waals surface area contributed by atoms with E-state index in [1.807, 2.05) is 0 Å². The van der Waals surface area contributed by atoms with E-state index >= 15 is 0 Å². The molecule has 2 rings (SSSR count). The first kappa shape index (κ1) is 38.0. The molecule has 0 aliphatic rings. The topological polar surface area (TPSA) is 145 Å². The number of unbranched alkanes of at least 4 members (excludes halogenated alkanes) is 11. The average Bonchev–Trinajstić information content (AvgIpc) is 3.03. The summed E-state index contributed by atoms with van der Waals surface area (Å²) in [6.45, 7) is 3.44. The van der Waals surface area contributed by atoms with Crippen molar-refractivity contribution in [3.8, 4) is 11.5 Å². The first-order valence-electron chi connectivity index (χ1n) is 17.0. The number of aliphatic hydroxyl groups excluding tert-OH is 4. The molecule has 0 aromatic heterocycles. The van der Waals surface area contributed by atoms with E-state index < -0.39 is 12.2 Å². The van der Waals surface area contributed by atoms with E-state index in [1.54, 1.807) is 24.3 Å². The summed E-state index contributed by atoms with van der Waals surface area (Å²) in [7, 11) is 0. The number of hydrogen-bond donors (Lipinski definition) is 8. The largest absolute Gasteiger partial charge is 0.508 e. The van der Waals surface area contributed by atoms with Crippen LogP contribution in [0.25, 0.3) is 0 Å². The SMILES string of the molecule is CCCCCCCCCCC(CCCCCCCNCC(O)c1ccc(O)c(CO)c1)NCC(O)c1ccc(O)c(CO)c1. The number of phenols is 2. The van der Waals surface area contributed by atoms with E-state index in [0.29, 0.717) is 41.4 Å².